The number of aromatic nitrogens is 2. The summed E-state index contributed by atoms with van der Waals surface area (Å²) in [6.45, 7) is 0.352. The molecule has 0 saturated heterocycles. The Morgan fingerprint density at radius 2 is 1.86 bits per heavy atom. The van der Waals surface area contributed by atoms with E-state index in [1.54, 1.807) is 0 Å². The van der Waals surface area contributed by atoms with Gasteiger partial charge in [0.1, 0.15) is 11.6 Å². The quantitative estimate of drug-likeness (QED) is 0.186. The summed E-state index contributed by atoms with van der Waals surface area (Å²) >= 11 is 0.868. The molecule has 6 nitrogen and oxygen atoms in total. The molecule has 0 radical (unpaired) electrons. The molecule has 0 aliphatic carbocycles. The fraction of sp³-hybridized carbons (Fsp3) is 0.400. The fourth-order valence-corrected chi connectivity index (χ4v) is 2.60. The number of thiazole rings is 1. The Hall–Kier alpha value is -1.84. The zero-order valence-electron chi connectivity index (χ0n) is 14.8. The van der Waals surface area contributed by atoms with Crippen LogP contribution in [0.25, 0.3) is 0 Å². The van der Waals surface area contributed by atoms with E-state index in [1.165, 1.54) is 7.05 Å². The highest BCUT2D eigenvalue weighted by Gasteiger charge is 2.33. The molecule has 2 aromatic rings. The Bertz CT molecular complexity index is 794. The molecule has 2 N–H and O–H groups in total. The Balaban J connectivity index is 0.00000420. The standard InChI is InChI=1S/C15H15F6N5OS.HI/c1-22-13(25-7-12-26-10(8-28-12)15(19,20)21)23-4-5-27-11-3-2-9(6-24-11)14(16,17)18;/h2-3,6,8H,4-5,7H2,1H3,(H2,22,23,25);1H. The topological polar surface area (TPSA) is 71.4 Å². The largest absolute Gasteiger partial charge is 0.476 e. The van der Waals surface area contributed by atoms with E-state index < -0.39 is 23.6 Å². The highest BCUT2D eigenvalue weighted by molar-refractivity contribution is 14.0. The number of hydrogen-bond donors (Lipinski definition) is 2. The Morgan fingerprint density at radius 1 is 1.14 bits per heavy atom. The summed E-state index contributed by atoms with van der Waals surface area (Å²) in [6, 6.07) is 1.97. The number of alkyl halides is 6. The number of guanidine groups is 1. The molecule has 29 heavy (non-hydrogen) atoms. The molecule has 0 spiro atoms. The summed E-state index contributed by atoms with van der Waals surface area (Å²) in [4.78, 5) is 10.9. The van der Waals surface area contributed by atoms with E-state index in [-0.39, 0.29) is 54.6 Å². The van der Waals surface area contributed by atoms with Crippen LogP contribution in [0.3, 0.4) is 0 Å². The third kappa shape index (κ3) is 8.20. The van der Waals surface area contributed by atoms with E-state index in [2.05, 4.69) is 25.6 Å². The van der Waals surface area contributed by atoms with E-state index in [1.807, 2.05) is 0 Å². The van der Waals surface area contributed by atoms with Crippen molar-refractivity contribution >= 4 is 41.3 Å². The lowest BCUT2D eigenvalue weighted by molar-refractivity contribution is -0.141. The lowest BCUT2D eigenvalue weighted by Gasteiger charge is -2.12. The molecule has 0 saturated carbocycles. The number of pyridine rings is 1. The first kappa shape index (κ1) is 25.2. The number of nitrogens with one attached hydrogen (secondary N) is 2. The van der Waals surface area contributed by atoms with E-state index in [4.69, 9.17) is 4.74 Å². The number of rotatable bonds is 6. The van der Waals surface area contributed by atoms with Crippen LogP contribution in [-0.4, -0.2) is 36.1 Å². The van der Waals surface area contributed by atoms with Crippen molar-refractivity contribution in [3.8, 4) is 5.88 Å². The molecule has 0 bridgehead atoms. The third-order valence-corrected chi connectivity index (χ3v) is 4.03. The van der Waals surface area contributed by atoms with Crippen molar-refractivity contribution in [2.24, 2.45) is 4.99 Å². The average molecular weight is 555 g/mol. The molecular weight excluding hydrogens is 539 g/mol. The summed E-state index contributed by atoms with van der Waals surface area (Å²) in [5.41, 5.74) is -1.83. The van der Waals surface area contributed by atoms with Gasteiger partial charge in [-0.2, -0.15) is 26.3 Å². The Labute approximate surface area is 182 Å². The van der Waals surface area contributed by atoms with Gasteiger partial charge in [-0.25, -0.2) is 9.97 Å². The lowest BCUT2D eigenvalue weighted by Crippen LogP contribution is -2.38. The summed E-state index contributed by atoms with van der Waals surface area (Å²) in [5, 5.41) is 6.81. The highest BCUT2D eigenvalue weighted by Crippen LogP contribution is 2.30. The zero-order chi connectivity index (χ0) is 20.8. The molecule has 0 aliphatic heterocycles. The maximum Gasteiger partial charge on any atom is 0.434 e. The SMILES string of the molecule is CN=C(NCCOc1ccc(C(F)(F)F)cn1)NCc1nc(C(F)(F)F)cs1.I. The minimum absolute atomic E-state index is 0. The molecule has 0 atom stereocenters. The fourth-order valence-electron chi connectivity index (χ4n) is 1.86. The van der Waals surface area contributed by atoms with Crippen LogP contribution in [0.5, 0.6) is 5.88 Å². The van der Waals surface area contributed by atoms with Gasteiger partial charge < -0.3 is 15.4 Å². The second kappa shape index (κ2) is 10.8. The van der Waals surface area contributed by atoms with E-state index >= 15 is 0 Å². The first-order valence-electron chi connectivity index (χ1n) is 7.72. The number of hydrogen-bond acceptors (Lipinski definition) is 5. The minimum Gasteiger partial charge on any atom is -0.476 e. The average Bonchev–Trinajstić information content (AvgIpc) is 3.10. The van der Waals surface area contributed by atoms with Gasteiger partial charge in [-0.3, -0.25) is 4.99 Å². The molecule has 0 aliphatic rings. The van der Waals surface area contributed by atoms with Gasteiger partial charge in [0.25, 0.3) is 0 Å². The van der Waals surface area contributed by atoms with Gasteiger partial charge in [0.15, 0.2) is 11.7 Å². The first-order valence-corrected chi connectivity index (χ1v) is 8.59. The van der Waals surface area contributed by atoms with Crippen LogP contribution in [0.15, 0.2) is 28.7 Å². The van der Waals surface area contributed by atoms with Crippen molar-refractivity contribution < 1.29 is 31.1 Å². The van der Waals surface area contributed by atoms with Gasteiger partial charge in [0, 0.05) is 24.7 Å². The van der Waals surface area contributed by atoms with Crippen molar-refractivity contribution in [3.05, 3.63) is 40.0 Å². The maximum absolute atomic E-state index is 12.5. The van der Waals surface area contributed by atoms with Crippen LogP contribution in [-0.2, 0) is 18.9 Å². The Kier molecular flexibility index (Phi) is 9.38. The van der Waals surface area contributed by atoms with Gasteiger partial charge in [-0.1, -0.05) is 0 Å². The summed E-state index contributed by atoms with van der Waals surface area (Å²) in [5.74, 6) is 0.327. The number of halogens is 7. The zero-order valence-corrected chi connectivity index (χ0v) is 17.9. The van der Waals surface area contributed by atoms with Crippen LogP contribution >= 0.6 is 35.3 Å². The van der Waals surface area contributed by atoms with Crippen LogP contribution in [0, 0.1) is 0 Å². The van der Waals surface area contributed by atoms with Crippen molar-refractivity contribution in [2.45, 2.75) is 18.9 Å². The molecule has 0 aromatic carbocycles. The number of ether oxygens (including phenoxy) is 1. The van der Waals surface area contributed by atoms with E-state index in [0.717, 1.165) is 28.8 Å². The highest BCUT2D eigenvalue weighted by atomic mass is 127. The van der Waals surface area contributed by atoms with Crippen molar-refractivity contribution in [1.29, 1.82) is 0 Å². The lowest BCUT2D eigenvalue weighted by atomic mass is 10.3. The van der Waals surface area contributed by atoms with Crippen molar-refractivity contribution in [3.63, 3.8) is 0 Å². The van der Waals surface area contributed by atoms with E-state index in [0.29, 0.717) is 12.2 Å². The smallest absolute Gasteiger partial charge is 0.434 e. The maximum atomic E-state index is 12.5. The molecule has 0 amide bonds. The summed E-state index contributed by atoms with van der Waals surface area (Å²) < 4.78 is 80.0. The second-order valence-corrected chi connectivity index (χ2v) is 6.15. The molecule has 2 rings (SSSR count). The van der Waals surface area contributed by atoms with Crippen LogP contribution in [0.4, 0.5) is 26.3 Å². The van der Waals surface area contributed by atoms with Gasteiger partial charge >= 0.3 is 12.4 Å². The van der Waals surface area contributed by atoms with E-state index in [9.17, 15) is 26.3 Å². The molecule has 0 fully saturated rings. The third-order valence-electron chi connectivity index (χ3n) is 3.18. The van der Waals surface area contributed by atoms with Gasteiger partial charge in [-0.15, -0.1) is 35.3 Å². The summed E-state index contributed by atoms with van der Waals surface area (Å²) in [6.07, 6.45) is -8.28. The minimum atomic E-state index is -4.49. The van der Waals surface area contributed by atoms with Gasteiger partial charge in [-0.05, 0) is 6.07 Å². The van der Waals surface area contributed by atoms with Crippen LogP contribution < -0.4 is 15.4 Å². The van der Waals surface area contributed by atoms with Gasteiger partial charge in [0.05, 0.1) is 18.7 Å². The van der Waals surface area contributed by atoms with Crippen LogP contribution in [0.1, 0.15) is 16.3 Å². The predicted molar refractivity (Wildman–Crippen MR) is 105 cm³/mol. The molecule has 162 valence electrons. The van der Waals surface area contributed by atoms with Gasteiger partial charge in [0.2, 0.25) is 5.88 Å². The Morgan fingerprint density at radius 3 is 2.38 bits per heavy atom. The molecule has 0 unspecified atom stereocenters. The molecular formula is C15H16F6IN5OS. The van der Waals surface area contributed by atoms with Crippen molar-refractivity contribution in [2.75, 3.05) is 20.2 Å². The van der Waals surface area contributed by atoms with Crippen molar-refractivity contribution in [1.82, 2.24) is 20.6 Å². The predicted octanol–water partition coefficient (Wildman–Crippen LogP) is 3.94. The summed E-state index contributed by atoms with van der Waals surface area (Å²) in [7, 11) is 1.47. The molecule has 2 aromatic heterocycles. The first-order chi connectivity index (χ1) is 13.1. The normalized spacial score (nSPS) is 12.3. The molecule has 2 heterocycles. The monoisotopic (exact) mass is 555 g/mol. The second-order valence-electron chi connectivity index (χ2n) is 5.21. The molecule has 14 heteroatoms. The number of nitrogens with zero attached hydrogens (tertiary/aromatic N) is 3. The van der Waals surface area contributed by atoms with Crippen LogP contribution in [0.2, 0.25) is 0 Å². The number of aliphatic imine (C=N–C) groups is 1.